The summed E-state index contributed by atoms with van der Waals surface area (Å²) in [6.45, 7) is 0.911. The summed E-state index contributed by atoms with van der Waals surface area (Å²) in [5.74, 6) is 0.778. The molecule has 0 atom stereocenters. The molecular formula is C15H17N3O2. The molecule has 0 fully saturated rings. The maximum absolute atomic E-state index is 11.7. The van der Waals surface area contributed by atoms with Gasteiger partial charge < -0.3 is 15.4 Å². The highest BCUT2D eigenvalue weighted by Crippen LogP contribution is 2.11. The van der Waals surface area contributed by atoms with Crippen molar-refractivity contribution in [2.45, 2.75) is 13.1 Å². The number of pyridine rings is 1. The molecule has 2 aromatic rings. The molecule has 0 aliphatic heterocycles. The number of aromatic nitrogens is 1. The average molecular weight is 271 g/mol. The van der Waals surface area contributed by atoms with Crippen molar-refractivity contribution >= 4 is 6.03 Å². The number of carbonyl (C=O) groups excluding carboxylic acids is 1. The zero-order valence-corrected chi connectivity index (χ0v) is 11.3. The molecule has 1 aromatic heterocycles. The Morgan fingerprint density at radius 2 is 1.90 bits per heavy atom. The first kappa shape index (κ1) is 13.9. The fraction of sp³-hybridized carbons (Fsp3) is 0.200. The number of carbonyl (C=O) groups is 1. The molecule has 2 rings (SSSR count). The lowest BCUT2D eigenvalue weighted by Gasteiger charge is -2.08. The highest BCUT2D eigenvalue weighted by molar-refractivity contribution is 5.73. The second-order valence-electron chi connectivity index (χ2n) is 4.25. The van der Waals surface area contributed by atoms with Crippen LogP contribution in [0.2, 0.25) is 0 Å². The predicted molar refractivity (Wildman–Crippen MR) is 76.3 cm³/mol. The molecule has 2 amide bonds. The molecule has 0 aliphatic carbocycles. The molecule has 0 bridgehead atoms. The van der Waals surface area contributed by atoms with Crippen molar-refractivity contribution in [1.82, 2.24) is 15.6 Å². The number of ether oxygens (including phenoxy) is 1. The number of hydrogen-bond donors (Lipinski definition) is 2. The molecule has 5 heteroatoms. The molecule has 1 heterocycles. The number of methoxy groups -OCH3 is 1. The fourth-order valence-corrected chi connectivity index (χ4v) is 1.71. The lowest BCUT2D eigenvalue weighted by atomic mass is 10.2. The van der Waals surface area contributed by atoms with Gasteiger partial charge in [-0.3, -0.25) is 4.98 Å². The maximum atomic E-state index is 11.7. The minimum atomic E-state index is -0.211. The Kier molecular flexibility index (Phi) is 4.94. The van der Waals surface area contributed by atoms with Gasteiger partial charge in [0.05, 0.1) is 7.11 Å². The zero-order valence-electron chi connectivity index (χ0n) is 11.3. The number of nitrogens with one attached hydrogen (secondary N) is 2. The summed E-state index contributed by atoms with van der Waals surface area (Å²) in [6.07, 6.45) is 3.43. The molecular weight excluding hydrogens is 254 g/mol. The van der Waals surface area contributed by atoms with Gasteiger partial charge in [-0.2, -0.15) is 0 Å². The van der Waals surface area contributed by atoms with Gasteiger partial charge in [-0.15, -0.1) is 0 Å². The molecule has 0 saturated carbocycles. The summed E-state index contributed by atoms with van der Waals surface area (Å²) < 4.78 is 5.13. The van der Waals surface area contributed by atoms with Crippen LogP contribution in [-0.2, 0) is 13.1 Å². The van der Waals surface area contributed by atoms with Gasteiger partial charge in [-0.1, -0.05) is 18.2 Å². The fourth-order valence-electron chi connectivity index (χ4n) is 1.71. The number of rotatable bonds is 5. The van der Waals surface area contributed by atoms with Gasteiger partial charge in [-0.05, 0) is 29.3 Å². The molecule has 0 spiro atoms. The molecule has 0 unspecified atom stereocenters. The topological polar surface area (TPSA) is 63.2 Å². The van der Waals surface area contributed by atoms with Crippen molar-refractivity contribution < 1.29 is 9.53 Å². The zero-order chi connectivity index (χ0) is 14.2. The normalized spacial score (nSPS) is 9.85. The highest BCUT2D eigenvalue weighted by Gasteiger charge is 2.01. The summed E-state index contributed by atoms with van der Waals surface area (Å²) in [5.41, 5.74) is 1.95. The lowest BCUT2D eigenvalue weighted by molar-refractivity contribution is 0.240. The number of amides is 2. The minimum absolute atomic E-state index is 0.211. The quantitative estimate of drug-likeness (QED) is 0.875. The van der Waals surface area contributed by atoms with Gasteiger partial charge in [0.15, 0.2) is 0 Å². The van der Waals surface area contributed by atoms with E-state index in [0.29, 0.717) is 13.1 Å². The minimum Gasteiger partial charge on any atom is -0.497 e. The van der Waals surface area contributed by atoms with Gasteiger partial charge in [0.25, 0.3) is 0 Å². The van der Waals surface area contributed by atoms with Crippen LogP contribution in [0.1, 0.15) is 11.1 Å². The third-order valence-electron chi connectivity index (χ3n) is 2.76. The molecule has 0 saturated heterocycles. The Balaban J connectivity index is 1.77. The van der Waals surface area contributed by atoms with E-state index in [4.69, 9.17) is 4.74 Å². The molecule has 0 radical (unpaired) electrons. The van der Waals surface area contributed by atoms with Crippen LogP contribution in [0.3, 0.4) is 0 Å². The number of urea groups is 1. The smallest absolute Gasteiger partial charge is 0.315 e. The Labute approximate surface area is 118 Å². The van der Waals surface area contributed by atoms with Crippen molar-refractivity contribution in [2.75, 3.05) is 7.11 Å². The van der Waals surface area contributed by atoms with Crippen LogP contribution in [0.4, 0.5) is 4.79 Å². The van der Waals surface area contributed by atoms with E-state index in [1.54, 1.807) is 19.5 Å². The molecule has 104 valence electrons. The van der Waals surface area contributed by atoms with Crippen LogP contribution in [0.25, 0.3) is 0 Å². The largest absolute Gasteiger partial charge is 0.497 e. The van der Waals surface area contributed by atoms with Crippen LogP contribution in [-0.4, -0.2) is 18.1 Å². The predicted octanol–water partition coefficient (Wildman–Crippen LogP) is 2.09. The van der Waals surface area contributed by atoms with E-state index in [2.05, 4.69) is 15.6 Å². The number of benzene rings is 1. The summed E-state index contributed by atoms with van der Waals surface area (Å²) in [5, 5.41) is 5.57. The summed E-state index contributed by atoms with van der Waals surface area (Å²) >= 11 is 0. The second kappa shape index (κ2) is 7.13. The SMILES string of the molecule is COc1cccc(CNC(=O)NCc2cccnc2)c1. The maximum Gasteiger partial charge on any atom is 0.315 e. The first-order valence-corrected chi connectivity index (χ1v) is 6.31. The van der Waals surface area contributed by atoms with Crippen LogP contribution < -0.4 is 15.4 Å². The summed E-state index contributed by atoms with van der Waals surface area (Å²) in [6, 6.07) is 11.1. The number of nitrogens with zero attached hydrogens (tertiary/aromatic N) is 1. The lowest BCUT2D eigenvalue weighted by Crippen LogP contribution is -2.34. The highest BCUT2D eigenvalue weighted by atomic mass is 16.5. The van der Waals surface area contributed by atoms with Crippen LogP contribution >= 0.6 is 0 Å². The van der Waals surface area contributed by atoms with Crippen molar-refractivity contribution in [3.8, 4) is 5.75 Å². The van der Waals surface area contributed by atoms with E-state index in [0.717, 1.165) is 16.9 Å². The van der Waals surface area contributed by atoms with Gasteiger partial charge >= 0.3 is 6.03 Å². The van der Waals surface area contributed by atoms with E-state index in [-0.39, 0.29) is 6.03 Å². The molecule has 2 N–H and O–H groups in total. The van der Waals surface area contributed by atoms with Crippen molar-refractivity contribution in [3.05, 3.63) is 59.9 Å². The van der Waals surface area contributed by atoms with Crippen molar-refractivity contribution in [3.63, 3.8) is 0 Å². The second-order valence-corrected chi connectivity index (χ2v) is 4.25. The van der Waals surface area contributed by atoms with Crippen molar-refractivity contribution in [2.24, 2.45) is 0 Å². The molecule has 20 heavy (non-hydrogen) atoms. The Morgan fingerprint density at radius 1 is 1.15 bits per heavy atom. The van der Waals surface area contributed by atoms with Gasteiger partial charge in [0.2, 0.25) is 0 Å². The van der Waals surface area contributed by atoms with Gasteiger partial charge in [0, 0.05) is 25.5 Å². The van der Waals surface area contributed by atoms with Crippen LogP contribution in [0.15, 0.2) is 48.8 Å². The first-order chi connectivity index (χ1) is 9.78. The van der Waals surface area contributed by atoms with Gasteiger partial charge in [0.1, 0.15) is 5.75 Å². The van der Waals surface area contributed by atoms with E-state index in [1.165, 1.54) is 0 Å². The number of hydrogen-bond acceptors (Lipinski definition) is 3. The van der Waals surface area contributed by atoms with Gasteiger partial charge in [-0.25, -0.2) is 4.79 Å². The van der Waals surface area contributed by atoms with Crippen LogP contribution in [0, 0.1) is 0 Å². The molecule has 0 aliphatic rings. The van der Waals surface area contributed by atoms with E-state index >= 15 is 0 Å². The molecule has 5 nitrogen and oxygen atoms in total. The third kappa shape index (κ3) is 4.28. The first-order valence-electron chi connectivity index (χ1n) is 6.31. The summed E-state index contributed by atoms with van der Waals surface area (Å²) in [4.78, 5) is 15.7. The monoisotopic (exact) mass is 271 g/mol. The average Bonchev–Trinajstić information content (AvgIpc) is 2.52. The summed E-state index contributed by atoms with van der Waals surface area (Å²) in [7, 11) is 1.62. The Hall–Kier alpha value is -2.56. The third-order valence-corrected chi connectivity index (χ3v) is 2.76. The molecule has 1 aromatic carbocycles. The van der Waals surface area contributed by atoms with Crippen LogP contribution in [0.5, 0.6) is 5.75 Å². The van der Waals surface area contributed by atoms with E-state index in [9.17, 15) is 4.79 Å². The van der Waals surface area contributed by atoms with Crippen molar-refractivity contribution in [1.29, 1.82) is 0 Å². The standard InChI is InChI=1S/C15H17N3O2/c1-20-14-6-2-4-12(8-14)10-17-15(19)18-11-13-5-3-7-16-9-13/h2-9H,10-11H2,1H3,(H2,17,18,19). The Bertz CT molecular complexity index is 558. The van der Waals surface area contributed by atoms with E-state index < -0.39 is 0 Å². The van der Waals surface area contributed by atoms with E-state index in [1.807, 2.05) is 36.4 Å². The Morgan fingerprint density at radius 3 is 2.60 bits per heavy atom.